The quantitative estimate of drug-likeness (QED) is 0.372. The van der Waals surface area contributed by atoms with Gasteiger partial charge in [0.2, 0.25) is 0 Å². The third-order valence-corrected chi connectivity index (χ3v) is 1.39. The molecule has 0 rings (SSSR count). The molecule has 0 aromatic carbocycles. The molecule has 0 atom stereocenters. The van der Waals surface area contributed by atoms with Gasteiger partial charge in [-0.1, -0.05) is 18.7 Å². The Labute approximate surface area is 85.4 Å². The summed E-state index contributed by atoms with van der Waals surface area (Å²) in [6.45, 7) is 9.87. The molecule has 3 nitrogen and oxygen atoms in total. The van der Waals surface area contributed by atoms with Gasteiger partial charge in [-0.05, 0) is 20.8 Å². The van der Waals surface area contributed by atoms with Crippen molar-refractivity contribution >= 4 is 5.97 Å². The molecule has 0 aliphatic heterocycles. The molecule has 0 spiro atoms. The SMILES string of the molecule is C=CC=C(COCC)C(=O)OC(C)C. The molecule has 0 saturated heterocycles. The summed E-state index contributed by atoms with van der Waals surface area (Å²) >= 11 is 0. The van der Waals surface area contributed by atoms with E-state index in [2.05, 4.69) is 6.58 Å². The van der Waals surface area contributed by atoms with E-state index in [1.165, 1.54) is 0 Å². The first-order valence-corrected chi connectivity index (χ1v) is 4.72. The van der Waals surface area contributed by atoms with Crippen LogP contribution in [0.3, 0.4) is 0 Å². The van der Waals surface area contributed by atoms with E-state index >= 15 is 0 Å². The van der Waals surface area contributed by atoms with E-state index in [4.69, 9.17) is 9.47 Å². The molecule has 0 aromatic rings. The molecule has 0 heterocycles. The lowest BCUT2D eigenvalue weighted by atomic mass is 10.2. The van der Waals surface area contributed by atoms with Crippen molar-refractivity contribution in [2.45, 2.75) is 26.9 Å². The third kappa shape index (κ3) is 5.54. The molecule has 0 amide bonds. The van der Waals surface area contributed by atoms with Crippen LogP contribution in [0.15, 0.2) is 24.3 Å². The van der Waals surface area contributed by atoms with Crippen LogP contribution >= 0.6 is 0 Å². The second-order valence-electron chi connectivity index (χ2n) is 3.02. The fraction of sp³-hybridized carbons (Fsp3) is 0.545. The average molecular weight is 198 g/mol. The second-order valence-corrected chi connectivity index (χ2v) is 3.02. The molecule has 0 fully saturated rings. The first-order chi connectivity index (χ1) is 6.61. The lowest BCUT2D eigenvalue weighted by molar-refractivity contribution is -0.143. The first-order valence-electron chi connectivity index (χ1n) is 4.72. The van der Waals surface area contributed by atoms with E-state index in [1.807, 2.05) is 20.8 Å². The van der Waals surface area contributed by atoms with Crippen molar-refractivity contribution in [3.63, 3.8) is 0 Å². The largest absolute Gasteiger partial charge is 0.460 e. The van der Waals surface area contributed by atoms with Crippen LogP contribution in [0.25, 0.3) is 0 Å². The maximum atomic E-state index is 11.4. The number of carbonyl (C=O) groups excluding carboxylic acids is 1. The number of hydrogen-bond acceptors (Lipinski definition) is 3. The molecular formula is C11H18O3. The minimum absolute atomic E-state index is 0.114. The zero-order valence-corrected chi connectivity index (χ0v) is 9.08. The number of esters is 1. The minimum Gasteiger partial charge on any atom is -0.460 e. The summed E-state index contributed by atoms with van der Waals surface area (Å²) in [6, 6.07) is 0. The minimum atomic E-state index is -0.339. The topological polar surface area (TPSA) is 35.5 Å². The van der Waals surface area contributed by atoms with Gasteiger partial charge in [-0.2, -0.15) is 0 Å². The van der Waals surface area contributed by atoms with Gasteiger partial charge in [0, 0.05) is 6.61 Å². The number of carbonyl (C=O) groups is 1. The van der Waals surface area contributed by atoms with Gasteiger partial charge in [-0.25, -0.2) is 4.79 Å². The molecular weight excluding hydrogens is 180 g/mol. The van der Waals surface area contributed by atoms with Gasteiger partial charge in [0.15, 0.2) is 0 Å². The first kappa shape index (κ1) is 12.9. The predicted octanol–water partition coefficient (Wildman–Crippen LogP) is 2.09. The predicted molar refractivity (Wildman–Crippen MR) is 56.0 cm³/mol. The van der Waals surface area contributed by atoms with Crippen LogP contribution in [0, 0.1) is 0 Å². The molecule has 0 unspecified atom stereocenters. The highest BCUT2D eigenvalue weighted by Crippen LogP contribution is 2.02. The molecule has 0 radical (unpaired) electrons. The highest BCUT2D eigenvalue weighted by Gasteiger charge is 2.11. The van der Waals surface area contributed by atoms with E-state index in [0.717, 1.165) is 0 Å². The molecule has 0 N–H and O–H groups in total. The van der Waals surface area contributed by atoms with Gasteiger partial charge < -0.3 is 9.47 Å². The zero-order chi connectivity index (χ0) is 11.0. The Morgan fingerprint density at radius 2 is 2.14 bits per heavy atom. The summed E-state index contributed by atoms with van der Waals surface area (Å²) in [6.07, 6.45) is 3.05. The molecule has 0 bridgehead atoms. The van der Waals surface area contributed by atoms with Crippen molar-refractivity contribution in [1.82, 2.24) is 0 Å². The Kier molecular flexibility index (Phi) is 6.76. The Hall–Kier alpha value is -1.09. The van der Waals surface area contributed by atoms with E-state index in [1.54, 1.807) is 12.2 Å². The van der Waals surface area contributed by atoms with Crippen LogP contribution < -0.4 is 0 Å². The van der Waals surface area contributed by atoms with Gasteiger partial charge in [0.05, 0.1) is 18.3 Å². The van der Waals surface area contributed by atoms with Gasteiger partial charge in [0.25, 0.3) is 0 Å². The van der Waals surface area contributed by atoms with Crippen molar-refractivity contribution in [2.75, 3.05) is 13.2 Å². The van der Waals surface area contributed by atoms with Crippen molar-refractivity contribution < 1.29 is 14.3 Å². The monoisotopic (exact) mass is 198 g/mol. The maximum Gasteiger partial charge on any atom is 0.336 e. The number of ether oxygens (including phenoxy) is 2. The molecule has 0 aromatic heterocycles. The molecule has 0 aliphatic carbocycles. The summed E-state index contributed by atoms with van der Waals surface area (Å²) in [5.41, 5.74) is 0.496. The Morgan fingerprint density at radius 3 is 2.57 bits per heavy atom. The van der Waals surface area contributed by atoms with Crippen LogP contribution in [0.4, 0.5) is 0 Å². The molecule has 0 saturated carbocycles. The summed E-state index contributed by atoms with van der Waals surface area (Å²) < 4.78 is 10.2. The van der Waals surface area contributed by atoms with E-state index in [9.17, 15) is 4.79 Å². The van der Waals surface area contributed by atoms with Crippen LogP contribution in [0.5, 0.6) is 0 Å². The lowest BCUT2D eigenvalue weighted by Crippen LogP contribution is -2.16. The van der Waals surface area contributed by atoms with Crippen molar-refractivity contribution in [2.24, 2.45) is 0 Å². The van der Waals surface area contributed by atoms with Gasteiger partial charge in [0.1, 0.15) is 0 Å². The number of allylic oxidation sites excluding steroid dienone is 2. The van der Waals surface area contributed by atoms with E-state index in [0.29, 0.717) is 12.2 Å². The summed E-state index contributed by atoms with van der Waals surface area (Å²) in [5.74, 6) is -0.339. The second kappa shape index (κ2) is 7.33. The van der Waals surface area contributed by atoms with E-state index < -0.39 is 0 Å². The van der Waals surface area contributed by atoms with E-state index in [-0.39, 0.29) is 18.7 Å². The smallest absolute Gasteiger partial charge is 0.336 e. The summed E-state index contributed by atoms with van der Waals surface area (Å²) in [4.78, 5) is 11.4. The van der Waals surface area contributed by atoms with Crippen LogP contribution in [-0.2, 0) is 14.3 Å². The van der Waals surface area contributed by atoms with Crippen molar-refractivity contribution in [3.8, 4) is 0 Å². The molecule has 3 heteroatoms. The Bertz CT molecular complexity index is 217. The van der Waals surface area contributed by atoms with Crippen molar-refractivity contribution in [3.05, 3.63) is 24.3 Å². The number of hydrogen-bond donors (Lipinski definition) is 0. The van der Waals surface area contributed by atoms with Gasteiger partial charge in [-0.3, -0.25) is 0 Å². The summed E-state index contributed by atoms with van der Waals surface area (Å²) in [5, 5.41) is 0. The lowest BCUT2D eigenvalue weighted by Gasteiger charge is -2.10. The Balaban J connectivity index is 4.26. The van der Waals surface area contributed by atoms with Crippen LogP contribution in [0.1, 0.15) is 20.8 Å². The number of rotatable bonds is 6. The fourth-order valence-corrected chi connectivity index (χ4v) is 0.819. The third-order valence-electron chi connectivity index (χ3n) is 1.39. The molecule has 80 valence electrons. The summed E-state index contributed by atoms with van der Waals surface area (Å²) in [7, 11) is 0. The molecule has 0 aliphatic rings. The molecule has 14 heavy (non-hydrogen) atoms. The standard InChI is InChI=1S/C11H18O3/c1-5-7-10(8-13-6-2)11(12)14-9(3)4/h5,7,9H,1,6,8H2,2-4H3. The Morgan fingerprint density at radius 1 is 1.50 bits per heavy atom. The zero-order valence-electron chi connectivity index (χ0n) is 9.08. The highest BCUT2D eigenvalue weighted by atomic mass is 16.5. The van der Waals surface area contributed by atoms with Crippen LogP contribution in [0.2, 0.25) is 0 Å². The highest BCUT2D eigenvalue weighted by molar-refractivity contribution is 5.89. The average Bonchev–Trinajstić information content (AvgIpc) is 2.10. The van der Waals surface area contributed by atoms with Crippen molar-refractivity contribution in [1.29, 1.82) is 0 Å². The van der Waals surface area contributed by atoms with Gasteiger partial charge in [-0.15, -0.1) is 0 Å². The van der Waals surface area contributed by atoms with Gasteiger partial charge >= 0.3 is 5.97 Å². The maximum absolute atomic E-state index is 11.4. The fourth-order valence-electron chi connectivity index (χ4n) is 0.819. The normalized spacial score (nSPS) is 11.6. The van der Waals surface area contributed by atoms with Crippen LogP contribution in [-0.4, -0.2) is 25.3 Å².